The molecule has 0 spiro atoms. The average Bonchev–Trinajstić information content (AvgIpc) is 2.39. The molecular formula is C13H11N3O2S. The molecule has 0 unspecified atom stereocenters. The number of hydrogen-bond donors (Lipinski definition) is 3. The Morgan fingerprint density at radius 3 is 2.68 bits per heavy atom. The van der Waals surface area contributed by atoms with Crippen LogP contribution in [0, 0.1) is 0 Å². The predicted octanol–water partition coefficient (Wildman–Crippen LogP) is 1.26. The molecule has 0 saturated carbocycles. The highest BCUT2D eigenvalue weighted by molar-refractivity contribution is 7.80. The van der Waals surface area contributed by atoms with Crippen LogP contribution in [0.25, 0.3) is 0 Å². The second-order valence-electron chi connectivity index (χ2n) is 3.81. The van der Waals surface area contributed by atoms with Crippen molar-refractivity contribution < 1.29 is 4.79 Å². The predicted molar refractivity (Wildman–Crippen MR) is 77.3 cm³/mol. The Morgan fingerprint density at radius 2 is 2.00 bits per heavy atom. The zero-order valence-electron chi connectivity index (χ0n) is 9.84. The molecule has 0 bridgehead atoms. The summed E-state index contributed by atoms with van der Waals surface area (Å²) in [6.45, 7) is 0. The summed E-state index contributed by atoms with van der Waals surface area (Å²) in [5.74, 6) is -0.394. The summed E-state index contributed by atoms with van der Waals surface area (Å²) in [5.41, 5.74) is 6.60. The maximum atomic E-state index is 12.0. The van der Waals surface area contributed by atoms with E-state index in [1.54, 1.807) is 24.3 Å². The minimum atomic E-state index is -0.394. The van der Waals surface area contributed by atoms with Gasteiger partial charge in [0.05, 0.1) is 5.69 Å². The molecule has 0 radical (unpaired) electrons. The number of aromatic amines is 1. The quantitative estimate of drug-likeness (QED) is 0.735. The molecule has 1 aromatic carbocycles. The molecule has 0 atom stereocenters. The van der Waals surface area contributed by atoms with Crippen molar-refractivity contribution in [1.82, 2.24) is 4.98 Å². The number of thiocarbonyl (C=S) groups is 1. The average molecular weight is 273 g/mol. The number of H-pyrrole nitrogens is 1. The van der Waals surface area contributed by atoms with Crippen molar-refractivity contribution in [3.8, 4) is 0 Å². The van der Waals surface area contributed by atoms with Gasteiger partial charge in [-0.25, -0.2) is 0 Å². The van der Waals surface area contributed by atoms with Gasteiger partial charge in [-0.2, -0.15) is 0 Å². The Bertz CT molecular complexity index is 694. The molecule has 1 amide bonds. The third-order valence-electron chi connectivity index (χ3n) is 2.48. The fourth-order valence-electron chi connectivity index (χ4n) is 1.59. The van der Waals surface area contributed by atoms with Crippen molar-refractivity contribution in [2.24, 2.45) is 5.73 Å². The number of pyridine rings is 1. The van der Waals surface area contributed by atoms with Crippen molar-refractivity contribution in [3.05, 3.63) is 64.1 Å². The summed E-state index contributed by atoms with van der Waals surface area (Å²) in [6.07, 6.45) is 1.41. The molecule has 6 heteroatoms. The molecule has 0 fully saturated rings. The zero-order chi connectivity index (χ0) is 13.8. The zero-order valence-corrected chi connectivity index (χ0v) is 10.7. The van der Waals surface area contributed by atoms with Crippen LogP contribution < -0.4 is 16.6 Å². The van der Waals surface area contributed by atoms with Gasteiger partial charge in [-0.15, -0.1) is 0 Å². The molecule has 0 aliphatic rings. The van der Waals surface area contributed by atoms with E-state index >= 15 is 0 Å². The van der Waals surface area contributed by atoms with Crippen molar-refractivity contribution in [2.45, 2.75) is 0 Å². The molecule has 0 aliphatic carbocycles. The summed E-state index contributed by atoms with van der Waals surface area (Å²) >= 11 is 4.91. The summed E-state index contributed by atoms with van der Waals surface area (Å²) in [5, 5.41) is 2.68. The van der Waals surface area contributed by atoms with E-state index in [4.69, 9.17) is 18.0 Å². The topological polar surface area (TPSA) is 88.0 Å². The molecule has 2 aromatic rings. The first kappa shape index (κ1) is 13.0. The number of hydrogen-bond acceptors (Lipinski definition) is 3. The maximum Gasteiger partial charge on any atom is 0.255 e. The smallest absolute Gasteiger partial charge is 0.255 e. The normalized spacial score (nSPS) is 9.89. The van der Waals surface area contributed by atoms with E-state index < -0.39 is 5.91 Å². The highest BCUT2D eigenvalue weighted by Crippen LogP contribution is 2.15. The van der Waals surface area contributed by atoms with Crippen molar-refractivity contribution in [3.63, 3.8) is 0 Å². The number of carbonyl (C=O) groups is 1. The van der Waals surface area contributed by atoms with Crippen LogP contribution in [0.1, 0.15) is 15.9 Å². The van der Waals surface area contributed by atoms with Crippen LogP contribution in [-0.4, -0.2) is 15.9 Å². The molecule has 96 valence electrons. The van der Waals surface area contributed by atoms with Gasteiger partial charge in [-0.3, -0.25) is 9.59 Å². The van der Waals surface area contributed by atoms with Crippen LogP contribution in [-0.2, 0) is 0 Å². The Morgan fingerprint density at radius 1 is 1.26 bits per heavy atom. The Balaban J connectivity index is 2.29. The highest BCUT2D eigenvalue weighted by Gasteiger charge is 2.10. The van der Waals surface area contributed by atoms with Crippen molar-refractivity contribution >= 4 is 28.8 Å². The first-order valence-corrected chi connectivity index (χ1v) is 5.87. The second kappa shape index (κ2) is 5.45. The summed E-state index contributed by atoms with van der Waals surface area (Å²) < 4.78 is 0. The van der Waals surface area contributed by atoms with Crippen LogP contribution in [0.15, 0.2) is 47.4 Å². The van der Waals surface area contributed by atoms with Gasteiger partial charge in [0.2, 0.25) is 5.56 Å². The third kappa shape index (κ3) is 3.05. The first-order valence-electron chi connectivity index (χ1n) is 5.47. The van der Waals surface area contributed by atoms with Crippen LogP contribution in [0.5, 0.6) is 0 Å². The largest absolute Gasteiger partial charge is 0.389 e. The molecule has 2 rings (SSSR count). The third-order valence-corrected chi connectivity index (χ3v) is 2.70. The Hall–Kier alpha value is -2.47. The standard InChI is InChI=1S/C13H11N3O2S/c14-12(19)9-3-1-2-4-10(9)16-13(18)8-5-6-15-11(17)7-8/h1-7H,(H2,14,19)(H,15,17)(H,16,18). The van der Waals surface area contributed by atoms with Gasteiger partial charge < -0.3 is 16.0 Å². The molecular weight excluding hydrogens is 262 g/mol. The number of para-hydroxylation sites is 1. The van der Waals surface area contributed by atoms with E-state index in [-0.39, 0.29) is 16.1 Å². The van der Waals surface area contributed by atoms with Gasteiger partial charge in [0.15, 0.2) is 0 Å². The lowest BCUT2D eigenvalue weighted by atomic mass is 10.1. The van der Waals surface area contributed by atoms with E-state index in [1.807, 2.05) is 0 Å². The molecule has 1 aromatic heterocycles. The van der Waals surface area contributed by atoms with Crippen LogP contribution in [0.4, 0.5) is 5.69 Å². The van der Waals surface area contributed by atoms with Crippen LogP contribution >= 0.6 is 12.2 Å². The number of rotatable bonds is 3. The van der Waals surface area contributed by atoms with E-state index in [9.17, 15) is 9.59 Å². The second-order valence-corrected chi connectivity index (χ2v) is 4.25. The van der Waals surface area contributed by atoms with Gasteiger partial charge in [0.1, 0.15) is 4.99 Å². The van der Waals surface area contributed by atoms with E-state index in [2.05, 4.69) is 10.3 Å². The molecule has 0 saturated heterocycles. The van der Waals surface area contributed by atoms with Crippen LogP contribution in [0.2, 0.25) is 0 Å². The summed E-state index contributed by atoms with van der Waals surface area (Å²) in [6, 6.07) is 9.68. The number of nitrogens with one attached hydrogen (secondary N) is 2. The highest BCUT2D eigenvalue weighted by atomic mass is 32.1. The molecule has 0 aliphatic heterocycles. The molecule has 5 nitrogen and oxygen atoms in total. The minimum absolute atomic E-state index is 0.196. The Labute approximate surface area is 114 Å². The Kier molecular flexibility index (Phi) is 3.72. The number of anilines is 1. The lowest BCUT2D eigenvalue weighted by Gasteiger charge is -2.09. The van der Waals surface area contributed by atoms with E-state index in [0.717, 1.165) is 0 Å². The van der Waals surface area contributed by atoms with E-state index in [1.165, 1.54) is 18.3 Å². The number of carbonyl (C=O) groups excluding carboxylic acids is 1. The summed E-state index contributed by atoms with van der Waals surface area (Å²) in [7, 11) is 0. The lowest BCUT2D eigenvalue weighted by molar-refractivity contribution is 0.102. The minimum Gasteiger partial charge on any atom is -0.389 e. The number of benzene rings is 1. The molecule has 1 heterocycles. The molecule has 4 N–H and O–H groups in total. The van der Waals surface area contributed by atoms with Crippen molar-refractivity contribution in [2.75, 3.05) is 5.32 Å². The fourth-order valence-corrected chi connectivity index (χ4v) is 1.77. The summed E-state index contributed by atoms with van der Waals surface area (Å²) in [4.78, 5) is 25.8. The number of amides is 1. The van der Waals surface area contributed by atoms with Gasteiger partial charge in [-0.05, 0) is 18.2 Å². The van der Waals surface area contributed by atoms with Crippen molar-refractivity contribution in [1.29, 1.82) is 0 Å². The van der Waals surface area contributed by atoms with Gasteiger partial charge in [-0.1, -0.05) is 24.4 Å². The molecule has 19 heavy (non-hydrogen) atoms. The lowest BCUT2D eigenvalue weighted by Crippen LogP contribution is -2.19. The van der Waals surface area contributed by atoms with Gasteiger partial charge in [0.25, 0.3) is 5.91 Å². The number of nitrogens with two attached hydrogens (primary N) is 1. The SMILES string of the molecule is NC(=S)c1ccccc1NC(=O)c1cc[nH]c(=O)c1. The number of aromatic nitrogens is 1. The fraction of sp³-hybridized carbons (Fsp3) is 0. The monoisotopic (exact) mass is 273 g/mol. The van der Waals surface area contributed by atoms with Gasteiger partial charge >= 0.3 is 0 Å². The van der Waals surface area contributed by atoms with Crippen LogP contribution in [0.3, 0.4) is 0 Å². The maximum absolute atomic E-state index is 12.0. The van der Waals surface area contributed by atoms with E-state index in [0.29, 0.717) is 11.3 Å². The van der Waals surface area contributed by atoms with Gasteiger partial charge in [0, 0.05) is 23.4 Å². The first-order chi connectivity index (χ1) is 9.08.